The van der Waals surface area contributed by atoms with Crippen LogP contribution in [0.3, 0.4) is 0 Å². The van der Waals surface area contributed by atoms with E-state index in [-0.39, 0.29) is 29.5 Å². The number of hydrogen-bond donors (Lipinski definition) is 2. The molecule has 1 unspecified atom stereocenters. The summed E-state index contributed by atoms with van der Waals surface area (Å²) in [7, 11) is -2.30. The van der Waals surface area contributed by atoms with Gasteiger partial charge in [-0.15, -0.1) is 0 Å². The first kappa shape index (κ1) is 25.4. The fraction of sp³-hybridized carbons (Fsp3) is 0.684. The normalized spacial score (nSPS) is 24.0. The number of primary sulfonamides is 1. The second-order valence-corrected chi connectivity index (χ2v) is 8.93. The van der Waals surface area contributed by atoms with Gasteiger partial charge in [0.05, 0.1) is 49.0 Å². The zero-order chi connectivity index (χ0) is 22.9. The standard InChI is InChI=1S/C14H20N2O6S.C5H10O3/c1-21-11-4-2-10(3-5-11)9-22-14-7-6-12(23(15,19)20)8-13(14)16(17)18;6-3-5-4-7-1-2-8-5/h6-8,10-11H,2-5,9H2,1H3,(H2,15,19,20);5-6H,1-4H2. The van der Waals surface area contributed by atoms with E-state index in [9.17, 15) is 18.5 Å². The molecule has 1 aliphatic heterocycles. The number of ether oxygens (including phenoxy) is 4. The third-order valence-corrected chi connectivity index (χ3v) is 6.06. The van der Waals surface area contributed by atoms with E-state index in [0.29, 0.717) is 32.3 Å². The van der Waals surface area contributed by atoms with E-state index in [4.69, 9.17) is 29.2 Å². The van der Waals surface area contributed by atoms with E-state index in [1.54, 1.807) is 7.11 Å². The highest BCUT2D eigenvalue weighted by Gasteiger charge is 2.24. The van der Waals surface area contributed by atoms with Crippen LogP contribution in [-0.2, 0) is 24.2 Å². The number of nitro benzene ring substituents is 1. The van der Waals surface area contributed by atoms with Gasteiger partial charge in [-0.25, -0.2) is 13.6 Å². The maximum atomic E-state index is 11.3. The molecule has 1 aromatic carbocycles. The maximum Gasteiger partial charge on any atom is 0.312 e. The van der Waals surface area contributed by atoms with Crippen LogP contribution in [0.2, 0.25) is 0 Å². The molecule has 3 rings (SSSR count). The van der Waals surface area contributed by atoms with Crippen molar-refractivity contribution in [1.29, 1.82) is 0 Å². The van der Waals surface area contributed by atoms with E-state index >= 15 is 0 Å². The van der Waals surface area contributed by atoms with Crippen LogP contribution in [0.5, 0.6) is 5.75 Å². The van der Waals surface area contributed by atoms with Gasteiger partial charge in [-0.05, 0) is 43.7 Å². The number of aliphatic hydroxyl groups is 1. The largest absolute Gasteiger partial charge is 0.487 e. The summed E-state index contributed by atoms with van der Waals surface area (Å²) in [6.45, 7) is 2.24. The second kappa shape index (κ2) is 12.3. The number of nitrogens with two attached hydrogens (primary N) is 1. The molecular weight excluding hydrogens is 432 g/mol. The number of sulfonamides is 1. The average Bonchev–Trinajstić information content (AvgIpc) is 2.78. The Labute approximate surface area is 181 Å². The summed E-state index contributed by atoms with van der Waals surface area (Å²) < 4.78 is 43.5. The first-order valence-electron chi connectivity index (χ1n) is 10.0. The molecule has 2 aliphatic rings. The summed E-state index contributed by atoms with van der Waals surface area (Å²) in [5.74, 6) is 0.357. The molecule has 1 saturated heterocycles. The average molecular weight is 463 g/mol. The van der Waals surface area contributed by atoms with Crippen molar-refractivity contribution in [2.75, 3.05) is 40.1 Å². The number of aliphatic hydroxyl groups excluding tert-OH is 1. The Hall–Kier alpha value is -1.83. The van der Waals surface area contributed by atoms with Gasteiger partial charge < -0.3 is 24.1 Å². The summed E-state index contributed by atoms with van der Waals surface area (Å²) in [5.41, 5.74) is -0.401. The molecular formula is C19H30N2O9S. The van der Waals surface area contributed by atoms with Crippen LogP contribution in [0.1, 0.15) is 25.7 Å². The van der Waals surface area contributed by atoms with Crippen LogP contribution in [0, 0.1) is 16.0 Å². The van der Waals surface area contributed by atoms with Crippen molar-refractivity contribution in [1.82, 2.24) is 0 Å². The molecule has 0 bridgehead atoms. The van der Waals surface area contributed by atoms with Crippen molar-refractivity contribution >= 4 is 15.7 Å². The molecule has 1 heterocycles. The Morgan fingerprint density at radius 2 is 1.97 bits per heavy atom. The van der Waals surface area contributed by atoms with Crippen molar-refractivity contribution in [3.8, 4) is 5.75 Å². The van der Waals surface area contributed by atoms with Crippen LogP contribution >= 0.6 is 0 Å². The zero-order valence-corrected chi connectivity index (χ0v) is 18.3. The van der Waals surface area contributed by atoms with Crippen molar-refractivity contribution in [3.05, 3.63) is 28.3 Å². The molecule has 0 amide bonds. The van der Waals surface area contributed by atoms with Crippen molar-refractivity contribution < 1.29 is 37.4 Å². The summed E-state index contributed by atoms with van der Waals surface area (Å²) in [5, 5.41) is 24.6. The third-order valence-electron chi connectivity index (χ3n) is 5.15. The fourth-order valence-corrected chi connectivity index (χ4v) is 3.86. The van der Waals surface area contributed by atoms with Gasteiger partial charge in [0.15, 0.2) is 5.75 Å². The predicted octanol–water partition coefficient (Wildman–Crippen LogP) is 1.22. The van der Waals surface area contributed by atoms with Crippen LogP contribution < -0.4 is 9.88 Å². The van der Waals surface area contributed by atoms with Gasteiger partial charge in [-0.3, -0.25) is 10.1 Å². The highest BCUT2D eigenvalue weighted by atomic mass is 32.2. The Morgan fingerprint density at radius 1 is 1.26 bits per heavy atom. The molecule has 1 aromatic rings. The third kappa shape index (κ3) is 8.31. The molecule has 2 fully saturated rings. The summed E-state index contributed by atoms with van der Waals surface area (Å²) >= 11 is 0. The zero-order valence-electron chi connectivity index (χ0n) is 17.5. The summed E-state index contributed by atoms with van der Waals surface area (Å²) in [6.07, 6.45) is 3.94. The van der Waals surface area contributed by atoms with Gasteiger partial charge in [0.25, 0.3) is 0 Å². The smallest absolute Gasteiger partial charge is 0.312 e. The molecule has 1 saturated carbocycles. The lowest BCUT2D eigenvalue weighted by molar-refractivity contribution is -0.386. The van der Waals surface area contributed by atoms with Gasteiger partial charge in [0.1, 0.15) is 6.10 Å². The molecule has 176 valence electrons. The van der Waals surface area contributed by atoms with Gasteiger partial charge >= 0.3 is 5.69 Å². The summed E-state index contributed by atoms with van der Waals surface area (Å²) in [4.78, 5) is 10.1. The molecule has 12 heteroatoms. The lowest BCUT2D eigenvalue weighted by Gasteiger charge is -2.27. The molecule has 0 radical (unpaired) electrons. The molecule has 3 N–H and O–H groups in total. The van der Waals surface area contributed by atoms with Crippen LogP contribution in [0.4, 0.5) is 5.69 Å². The predicted molar refractivity (Wildman–Crippen MR) is 110 cm³/mol. The summed E-state index contributed by atoms with van der Waals surface area (Å²) in [6, 6.07) is 3.41. The lowest BCUT2D eigenvalue weighted by atomic mass is 9.88. The van der Waals surface area contributed by atoms with Crippen LogP contribution in [-0.4, -0.2) is 70.8 Å². The molecule has 31 heavy (non-hydrogen) atoms. The van der Waals surface area contributed by atoms with Crippen LogP contribution in [0.25, 0.3) is 0 Å². The van der Waals surface area contributed by atoms with Gasteiger partial charge in [-0.1, -0.05) is 0 Å². The molecule has 1 atom stereocenters. The maximum absolute atomic E-state index is 11.3. The molecule has 0 aromatic heterocycles. The highest BCUT2D eigenvalue weighted by Crippen LogP contribution is 2.32. The number of rotatable bonds is 7. The Balaban J connectivity index is 0.000000357. The minimum absolute atomic E-state index is 0.0521. The molecule has 1 aliphatic carbocycles. The van der Waals surface area contributed by atoms with Gasteiger partial charge in [-0.2, -0.15) is 0 Å². The first-order valence-corrected chi connectivity index (χ1v) is 11.6. The highest BCUT2D eigenvalue weighted by molar-refractivity contribution is 7.89. The van der Waals surface area contributed by atoms with Gasteiger partial charge in [0.2, 0.25) is 10.0 Å². The Kier molecular flexibility index (Phi) is 10.1. The minimum atomic E-state index is -3.99. The molecule has 0 spiro atoms. The van der Waals surface area contributed by atoms with E-state index < -0.39 is 20.6 Å². The van der Waals surface area contributed by atoms with Crippen molar-refractivity contribution in [2.45, 2.75) is 42.8 Å². The second-order valence-electron chi connectivity index (χ2n) is 7.37. The van der Waals surface area contributed by atoms with E-state index in [1.807, 2.05) is 0 Å². The number of methoxy groups -OCH3 is 1. The van der Waals surface area contributed by atoms with Crippen molar-refractivity contribution in [3.63, 3.8) is 0 Å². The topological polar surface area (TPSA) is 160 Å². The number of nitrogens with zero attached hydrogens (tertiary/aromatic N) is 1. The quantitative estimate of drug-likeness (QED) is 0.448. The van der Waals surface area contributed by atoms with E-state index in [0.717, 1.165) is 31.7 Å². The fourth-order valence-electron chi connectivity index (χ4n) is 3.32. The van der Waals surface area contributed by atoms with E-state index in [2.05, 4.69) is 0 Å². The lowest BCUT2D eigenvalue weighted by Crippen LogP contribution is -2.31. The minimum Gasteiger partial charge on any atom is -0.487 e. The van der Waals surface area contributed by atoms with Crippen LogP contribution in [0.15, 0.2) is 23.1 Å². The first-order chi connectivity index (χ1) is 14.7. The number of benzene rings is 1. The monoisotopic (exact) mass is 462 g/mol. The number of nitro groups is 1. The van der Waals surface area contributed by atoms with Crippen molar-refractivity contribution in [2.24, 2.45) is 11.1 Å². The molecule has 11 nitrogen and oxygen atoms in total. The van der Waals surface area contributed by atoms with E-state index in [1.165, 1.54) is 12.1 Å². The Morgan fingerprint density at radius 3 is 2.45 bits per heavy atom. The van der Waals surface area contributed by atoms with Gasteiger partial charge in [0, 0.05) is 13.2 Å². The number of hydrogen-bond acceptors (Lipinski definition) is 9. The Bertz CT molecular complexity index is 805. The SMILES string of the molecule is COC1CCC(COc2ccc(S(N)(=O)=O)cc2[N+](=O)[O-])CC1.OCC1COCCO1.